The van der Waals surface area contributed by atoms with E-state index >= 15 is 0 Å². The van der Waals surface area contributed by atoms with Gasteiger partial charge in [0.05, 0.1) is 18.8 Å². The molecule has 0 aromatic heterocycles. The van der Waals surface area contributed by atoms with Crippen LogP contribution in [-0.2, 0) is 41.6 Å². The molecule has 1 heterocycles. The molecule has 0 saturated carbocycles. The molecule has 1 aliphatic rings. The van der Waals surface area contributed by atoms with Crippen LogP contribution >= 0.6 is 0 Å². The summed E-state index contributed by atoms with van der Waals surface area (Å²) in [5, 5.41) is 16.5. The quantitative estimate of drug-likeness (QED) is 0.297. The third kappa shape index (κ3) is 8.13. The smallest absolute Gasteiger partial charge is 0.326 e. The molecule has 37 heavy (non-hydrogen) atoms. The van der Waals surface area contributed by atoms with Gasteiger partial charge >= 0.3 is 5.97 Å². The third-order valence-corrected chi connectivity index (χ3v) is 5.45. The van der Waals surface area contributed by atoms with Crippen molar-refractivity contribution in [3.63, 3.8) is 0 Å². The Labute approximate surface area is 212 Å². The number of hydrogen-bond donors (Lipinski definition) is 4. The fourth-order valence-electron chi connectivity index (χ4n) is 3.53. The van der Waals surface area contributed by atoms with Crippen molar-refractivity contribution in [3.05, 3.63) is 77.9 Å². The predicted octanol–water partition coefficient (Wildman–Crippen LogP) is 0.0931. The Morgan fingerprint density at radius 3 is 1.97 bits per heavy atom. The molecule has 0 radical (unpaired) electrons. The van der Waals surface area contributed by atoms with Crippen LogP contribution in [0.15, 0.2) is 66.7 Å². The highest BCUT2D eigenvalue weighted by molar-refractivity contribution is 6.28. The average Bonchev–Trinajstić information content (AvgIpc) is 3.23. The first-order chi connectivity index (χ1) is 17.7. The van der Waals surface area contributed by atoms with Crippen LogP contribution in [0.25, 0.3) is 0 Å². The molecule has 0 spiro atoms. The first-order valence-corrected chi connectivity index (χ1v) is 11.5. The number of nitrogens with zero attached hydrogens (tertiary/aromatic N) is 1. The van der Waals surface area contributed by atoms with Gasteiger partial charge in [-0.25, -0.2) is 9.69 Å². The monoisotopic (exact) mass is 506 g/mol. The summed E-state index contributed by atoms with van der Waals surface area (Å²) >= 11 is 0. The molecule has 0 fully saturated rings. The Balaban J connectivity index is 1.34. The number of amides is 5. The summed E-state index contributed by atoms with van der Waals surface area (Å²) in [6, 6.07) is 14.3. The number of carboxylic acids is 1. The van der Waals surface area contributed by atoms with Gasteiger partial charge in [0.15, 0.2) is 0 Å². The SMILES string of the molecule is O=C(CCc1ccc(N2C(=O)C=CC2=O)cc1)NCC(=O)NCC(=O)NC(Cc1ccccc1)C(=O)O. The summed E-state index contributed by atoms with van der Waals surface area (Å²) in [5.41, 5.74) is 1.98. The van der Waals surface area contributed by atoms with Gasteiger partial charge in [-0.1, -0.05) is 42.5 Å². The van der Waals surface area contributed by atoms with Gasteiger partial charge in [-0.3, -0.25) is 24.0 Å². The molecule has 4 N–H and O–H groups in total. The van der Waals surface area contributed by atoms with Crippen LogP contribution in [-0.4, -0.2) is 59.7 Å². The van der Waals surface area contributed by atoms with Crippen molar-refractivity contribution >= 4 is 41.2 Å². The Morgan fingerprint density at radius 2 is 1.35 bits per heavy atom. The molecule has 5 amide bonds. The van der Waals surface area contributed by atoms with Crippen LogP contribution in [0.3, 0.4) is 0 Å². The van der Waals surface area contributed by atoms with Crippen molar-refractivity contribution in [3.8, 4) is 0 Å². The zero-order chi connectivity index (χ0) is 26.8. The van der Waals surface area contributed by atoms with E-state index < -0.39 is 42.2 Å². The van der Waals surface area contributed by atoms with E-state index in [0.717, 1.165) is 16.0 Å². The molecular formula is C26H26N4O7. The number of aryl methyl sites for hydroxylation is 1. The largest absolute Gasteiger partial charge is 0.480 e. The van der Waals surface area contributed by atoms with E-state index in [0.29, 0.717) is 12.1 Å². The minimum Gasteiger partial charge on any atom is -0.480 e. The van der Waals surface area contributed by atoms with Gasteiger partial charge in [0.1, 0.15) is 6.04 Å². The standard InChI is InChI=1S/C26H26N4O7/c31-21(11-8-17-6-9-19(10-7-17)30-24(34)12-13-25(30)35)27-15-22(32)28-16-23(33)29-20(26(36)37)14-18-4-2-1-3-5-18/h1-7,9-10,12-13,20H,8,11,14-16H2,(H,27,31)(H,28,32)(H,29,33)(H,36,37). The van der Waals surface area contributed by atoms with Crippen molar-refractivity contribution in [2.45, 2.75) is 25.3 Å². The maximum absolute atomic E-state index is 12.1. The first-order valence-electron chi connectivity index (χ1n) is 11.5. The van der Waals surface area contributed by atoms with Crippen molar-refractivity contribution in [2.24, 2.45) is 0 Å². The van der Waals surface area contributed by atoms with Gasteiger partial charge in [-0.15, -0.1) is 0 Å². The normalized spacial score (nSPS) is 13.2. The lowest BCUT2D eigenvalue weighted by molar-refractivity contribution is -0.141. The van der Waals surface area contributed by atoms with Gasteiger partial charge in [-0.05, 0) is 29.7 Å². The Morgan fingerprint density at radius 1 is 0.757 bits per heavy atom. The van der Waals surface area contributed by atoms with Crippen LogP contribution in [0, 0.1) is 0 Å². The zero-order valence-corrected chi connectivity index (χ0v) is 19.8. The molecule has 1 unspecified atom stereocenters. The molecule has 192 valence electrons. The topological polar surface area (TPSA) is 162 Å². The second-order valence-corrected chi connectivity index (χ2v) is 8.21. The second kappa shape index (κ2) is 12.8. The summed E-state index contributed by atoms with van der Waals surface area (Å²) in [5.74, 6) is -3.67. The minimum atomic E-state index is -1.19. The van der Waals surface area contributed by atoms with E-state index in [2.05, 4.69) is 16.0 Å². The van der Waals surface area contributed by atoms with E-state index in [9.17, 15) is 33.9 Å². The Bertz CT molecular complexity index is 1190. The molecule has 2 aromatic carbocycles. The number of anilines is 1. The maximum atomic E-state index is 12.1. The number of aliphatic carboxylic acids is 1. The second-order valence-electron chi connectivity index (χ2n) is 8.21. The van der Waals surface area contributed by atoms with E-state index in [1.165, 1.54) is 12.2 Å². The van der Waals surface area contributed by atoms with E-state index in [4.69, 9.17) is 0 Å². The fraction of sp³-hybridized carbons (Fsp3) is 0.231. The van der Waals surface area contributed by atoms with E-state index in [-0.39, 0.29) is 25.3 Å². The van der Waals surface area contributed by atoms with Gasteiger partial charge in [0.25, 0.3) is 11.8 Å². The molecule has 1 aliphatic heterocycles. The molecule has 11 nitrogen and oxygen atoms in total. The van der Waals surface area contributed by atoms with Crippen LogP contribution in [0.5, 0.6) is 0 Å². The number of rotatable bonds is 12. The summed E-state index contributed by atoms with van der Waals surface area (Å²) in [6.45, 7) is -0.777. The predicted molar refractivity (Wildman–Crippen MR) is 132 cm³/mol. The minimum absolute atomic E-state index is 0.0933. The summed E-state index contributed by atoms with van der Waals surface area (Å²) in [4.78, 5) is 72.0. The molecule has 0 bridgehead atoms. The number of benzene rings is 2. The number of imide groups is 1. The van der Waals surface area contributed by atoms with Crippen molar-refractivity contribution in [2.75, 3.05) is 18.0 Å². The number of hydrogen-bond acceptors (Lipinski definition) is 6. The fourth-order valence-corrected chi connectivity index (χ4v) is 3.53. The lowest BCUT2D eigenvalue weighted by Gasteiger charge is -2.15. The van der Waals surface area contributed by atoms with Crippen molar-refractivity contribution in [1.29, 1.82) is 0 Å². The Hall–Kier alpha value is -4.80. The van der Waals surface area contributed by atoms with Crippen LogP contribution < -0.4 is 20.9 Å². The number of nitrogens with one attached hydrogen (secondary N) is 3. The lowest BCUT2D eigenvalue weighted by atomic mass is 10.1. The number of carboxylic acid groups (broad SMARTS) is 1. The highest BCUT2D eigenvalue weighted by atomic mass is 16.4. The van der Waals surface area contributed by atoms with Crippen LogP contribution in [0.4, 0.5) is 5.69 Å². The molecule has 0 aliphatic carbocycles. The van der Waals surface area contributed by atoms with Gasteiger partial charge in [0.2, 0.25) is 17.7 Å². The van der Waals surface area contributed by atoms with Crippen LogP contribution in [0.1, 0.15) is 17.5 Å². The molecule has 0 saturated heterocycles. The molecular weight excluding hydrogens is 480 g/mol. The van der Waals surface area contributed by atoms with Gasteiger partial charge in [-0.2, -0.15) is 0 Å². The van der Waals surface area contributed by atoms with E-state index in [1.807, 2.05) is 0 Å². The summed E-state index contributed by atoms with van der Waals surface area (Å²) in [7, 11) is 0. The zero-order valence-electron chi connectivity index (χ0n) is 19.8. The lowest BCUT2D eigenvalue weighted by Crippen LogP contribution is -2.47. The average molecular weight is 507 g/mol. The van der Waals surface area contributed by atoms with E-state index in [1.54, 1.807) is 54.6 Å². The van der Waals surface area contributed by atoms with Crippen LogP contribution in [0.2, 0.25) is 0 Å². The third-order valence-electron chi connectivity index (χ3n) is 5.45. The maximum Gasteiger partial charge on any atom is 0.326 e. The summed E-state index contributed by atoms with van der Waals surface area (Å²) < 4.78 is 0. The van der Waals surface area contributed by atoms with Crippen molar-refractivity contribution < 1.29 is 33.9 Å². The van der Waals surface area contributed by atoms with Gasteiger partial charge < -0.3 is 21.1 Å². The molecule has 3 rings (SSSR count). The number of carbonyl (C=O) groups excluding carboxylic acids is 5. The molecule has 1 atom stereocenters. The highest BCUT2D eigenvalue weighted by Crippen LogP contribution is 2.20. The van der Waals surface area contributed by atoms with Gasteiger partial charge in [0, 0.05) is 25.0 Å². The Kier molecular flexibility index (Phi) is 9.25. The first kappa shape index (κ1) is 26.8. The number of carbonyl (C=O) groups is 6. The molecule has 2 aromatic rings. The highest BCUT2D eigenvalue weighted by Gasteiger charge is 2.25. The van der Waals surface area contributed by atoms with Crippen molar-refractivity contribution in [1.82, 2.24) is 16.0 Å². The summed E-state index contributed by atoms with van der Waals surface area (Å²) in [6.07, 6.45) is 2.95. The molecule has 11 heteroatoms.